The summed E-state index contributed by atoms with van der Waals surface area (Å²) in [5, 5.41) is 3.25. The van der Waals surface area contributed by atoms with Crippen LogP contribution in [0.1, 0.15) is 58.3 Å². The molecule has 1 saturated heterocycles. The number of hydrogen-bond donors (Lipinski definition) is 1. The van der Waals surface area contributed by atoms with Crippen molar-refractivity contribution in [2.75, 3.05) is 13.1 Å². The number of rotatable bonds is 4. The molecular formula is C24H31FN2O3. The number of ether oxygens (including phenoxy) is 1. The topological polar surface area (TPSA) is 58.6 Å². The highest BCUT2D eigenvalue weighted by Crippen LogP contribution is 2.62. The number of carbonyl (C=O) groups excluding carboxylic acids is 2. The van der Waals surface area contributed by atoms with Crippen LogP contribution < -0.4 is 10.1 Å². The lowest BCUT2D eigenvalue weighted by Crippen LogP contribution is -2.66. The minimum atomic E-state index is -0.303. The first kappa shape index (κ1) is 19.8. The number of benzene rings is 1. The summed E-state index contributed by atoms with van der Waals surface area (Å²) in [6.07, 6.45) is 7.56. The first-order valence-corrected chi connectivity index (χ1v) is 11.4. The molecule has 4 aliphatic carbocycles. The maximum atomic E-state index is 13.7. The van der Waals surface area contributed by atoms with E-state index >= 15 is 0 Å². The highest BCUT2D eigenvalue weighted by molar-refractivity contribution is 5.84. The van der Waals surface area contributed by atoms with Gasteiger partial charge in [0.15, 0.2) is 0 Å². The molecule has 1 aliphatic heterocycles. The molecule has 5 fully saturated rings. The Bertz CT molecular complexity index is 835. The van der Waals surface area contributed by atoms with E-state index in [-0.39, 0.29) is 34.7 Å². The van der Waals surface area contributed by atoms with Gasteiger partial charge in [-0.3, -0.25) is 9.59 Å². The molecule has 5 aliphatic rings. The van der Waals surface area contributed by atoms with E-state index in [1.165, 1.54) is 18.6 Å². The van der Waals surface area contributed by atoms with E-state index in [4.69, 9.17) is 4.74 Å². The number of likely N-dealkylation sites (tertiary alicyclic amines) is 1. The molecule has 6 heteroatoms. The Labute approximate surface area is 177 Å². The van der Waals surface area contributed by atoms with Crippen molar-refractivity contribution in [2.45, 2.75) is 69.9 Å². The van der Waals surface area contributed by atoms with Crippen molar-refractivity contribution >= 4 is 11.8 Å². The lowest BCUT2D eigenvalue weighted by molar-refractivity contribution is -0.164. The molecule has 0 radical (unpaired) electrons. The largest absolute Gasteiger partial charge is 0.490 e. The Kier molecular flexibility index (Phi) is 4.79. The maximum Gasteiger partial charge on any atom is 0.228 e. The second-order valence-electron chi connectivity index (χ2n) is 10.3. The molecule has 1 aromatic carbocycles. The van der Waals surface area contributed by atoms with Crippen molar-refractivity contribution < 1.29 is 18.7 Å². The minimum Gasteiger partial charge on any atom is -0.490 e. The fraction of sp³-hybridized carbons (Fsp3) is 0.667. The van der Waals surface area contributed by atoms with Crippen LogP contribution in [0.3, 0.4) is 0 Å². The van der Waals surface area contributed by atoms with Crippen LogP contribution in [-0.4, -0.2) is 41.4 Å². The van der Waals surface area contributed by atoms with Gasteiger partial charge in [-0.1, -0.05) is 6.07 Å². The average Bonchev–Trinajstić information content (AvgIpc) is 2.66. The SMILES string of the molecule is CC(=O)NC12C[C@H]3C[C@H](C1)CC(C(=O)N1CCC(Oc4cccc(F)c4)CC1)(C3)C2. The van der Waals surface area contributed by atoms with Crippen molar-refractivity contribution in [3.8, 4) is 5.75 Å². The maximum absolute atomic E-state index is 13.7. The smallest absolute Gasteiger partial charge is 0.228 e. The standard InChI is InChI=1S/C24H31FN2O3/c1-16(28)26-24-13-17-9-18(14-24)12-23(11-17,15-24)22(29)27-7-5-20(6-8-27)30-21-4-2-3-19(25)10-21/h2-4,10,17-18,20H,5-9,11-15H2,1H3,(H,26,28)/t17-,18-,23?,24?/m0/s1. The molecule has 2 amide bonds. The molecule has 1 N–H and O–H groups in total. The van der Waals surface area contributed by atoms with E-state index in [0.717, 1.165) is 44.9 Å². The fourth-order valence-electron chi connectivity index (χ4n) is 7.28. The Morgan fingerprint density at radius 1 is 1.13 bits per heavy atom. The predicted octanol–water partition coefficient (Wildman–Crippen LogP) is 3.67. The summed E-state index contributed by atoms with van der Waals surface area (Å²) in [5.41, 5.74) is -0.479. The van der Waals surface area contributed by atoms with Crippen molar-refractivity contribution in [1.82, 2.24) is 10.2 Å². The number of hydrogen-bond acceptors (Lipinski definition) is 3. The molecule has 5 nitrogen and oxygen atoms in total. The normalized spacial score (nSPS) is 35.3. The van der Waals surface area contributed by atoms with Crippen LogP contribution in [0, 0.1) is 23.1 Å². The van der Waals surface area contributed by atoms with Gasteiger partial charge in [0, 0.05) is 44.5 Å². The second-order valence-corrected chi connectivity index (χ2v) is 10.3. The van der Waals surface area contributed by atoms with E-state index in [1.807, 2.05) is 4.90 Å². The molecule has 0 aromatic heterocycles. The Morgan fingerprint density at radius 2 is 1.83 bits per heavy atom. The number of nitrogens with one attached hydrogen (secondary N) is 1. The highest BCUT2D eigenvalue weighted by Gasteiger charge is 2.61. The Hall–Kier alpha value is -2.11. The van der Waals surface area contributed by atoms with Crippen LogP contribution in [0.5, 0.6) is 5.75 Å². The average molecular weight is 415 g/mol. The quantitative estimate of drug-likeness (QED) is 0.818. The van der Waals surface area contributed by atoms with Gasteiger partial charge in [0.25, 0.3) is 0 Å². The second kappa shape index (κ2) is 7.24. The van der Waals surface area contributed by atoms with Gasteiger partial charge in [0.1, 0.15) is 17.7 Å². The van der Waals surface area contributed by atoms with Crippen LogP contribution in [0.25, 0.3) is 0 Å². The third-order valence-electron chi connectivity index (χ3n) is 7.78. The fourth-order valence-corrected chi connectivity index (χ4v) is 7.28. The Morgan fingerprint density at radius 3 is 2.47 bits per heavy atom. The molecule has 30 heavy (non-hydrogen) atoms. The number of amides is 2. The van der Waals surface area contributed by atoms with E-state index < -0.39 is 0 Å². The molecule has 1 aromatic rings. The molecule has 2 atom stereocenters. The highest BCUT2D eigenvalue weighted by atomic mass is 19.1. The van der Waals surface area contributed by atoms with Gasteiger partial charge in [0.2, 0.25) is 11.8 Å². The van der Waals surface area contributed by atoms with Gasteiger partial charge in [0.05, 0.1) is 5.41 Å². The molecule has 0 unspecified atom stereocenters. The molecular weight excluding hydrogens is 383 g/mol. The van der Waals surface area contributed by atoms with Crippen LogP contribution in [0.4, 0.5) is 4.39 Å². The third-order valence-corrected chi connectivity index (χ3v) is 7.78. The van der Waals surface area contributed by atoms with Gasteiger partial charge < -0.3 is 15.0 Å². The number of halogens is 1. The lowest BCUT2D eigenvalue weighted by Gasteiger charge is -2.62. The first-order chi connectivity index (χ1) is 14.3. The summed E-state index contributed by atoms with van der Waals surface area (Å²) < 4.78 is 19.3. The summed E-state index contributed by atoms with van der Waals surface area (Å²) in [5.74, 6) is 1.67. The van der Waals surface area contributed by atoms with Crippen molar-refractivity contribution in [1.29, 1.82) is 0 Å². The zero-order chi connectivity index (χ0) is 20.9. The zero-order valence-corrected chi connectivity index (χ0v) is 17.7. The summed E-state index contributed by atoms with van der Waals surface area (Å²) in [6, 6.07) is 6.25. The number of carbonyl (C=O) groups is 2. The number of nitrogens with zero attached hydrogens (tertiary/aromatic N) is 1. The van der Waals surface area contributed by atoms with Crippen molar-refractivity contribution in [3.63, 3.8) is 0 Å². The van der Waals surface area contributed by atoms with Gasteiger partial charge in [-0.15, -0.1) is 0 Å². The van der Waals surface area contributed by atoms with Crippen molar-refractivity contribution in [2.24, 2.45) is 17.3 Å². The van der Waals surface area contributed by atoms with E-state index in [9.17, 15) is 14.0 Å². The predicted molar refractivity (Wildman–Crippen MR) is 110 cm³/mol. The Balaban J connectivity index is 1.25. The lowest BCUT2D eigenvalue weighted by atomic mass is 9.46. The first-order valence-electron chi connectivity index (χ1n) is 11.4. The van der Waals surface area contributed by atoms with Gasteiger partial charge >= 0.3 is 0 Å². The molecule has 0 spiro atoms. The number of piperidine rings is 1. The van der Waals surface area contributed by atoms with E-state index in [2.05, 4.69) is 5.32 Å². The van der Waals surface area contributed by atoms with E-state index in [0.29, 0.717) is 30.7 Å². The summed E-state index contributed by atoms with van der Waals surface area (Å²) in [7, 11) is 0. The van der Waals surface area contributed by atoms with Crippen LogP contribution in [0.15, 0.2) is 24.3 Å². The molecule has 4 bridgehead atoms. The molecule has 1 heterocycles. The molecule has 162 valence electrons. The minimum absolute atomic E-state index is 0.0120. The van der Waals surface area contributed by atoms with Gasteiger partial charge in [-0.2, -0.15) is 0 Å². The summed E-state index contributed by atoms with van der Waals surface area (Å²) in [4.78, 5) is 27.6. The molecule has 6 rings (SSSR count). The van der Waals surface area contributed by atoms with Gasteiger partial charge in [-0.05, 0) is 62.5 Å². The monoisotopic (exact) mass is 414 g/mol. The molecule has 4 saturated carbocycles. The summed E-state index contributed by atoms with van der Waals surface area (Å²) >= 11 is 0. The van der Waals surface area contributed by atoms with Crippen molar-refractivity contribution in [3.05, 3.63) is 30.1 Å². The van der Waals surface area contributed by atoms with Crippen LogP contribution in [-0.2, 0) is 9.59 Å². The summed E-state index contributed by atoms with van der Waals surface area (Å²) in [6.45, 7) is 2.96. The van der Waals surface area contributed by atoms with Gasteiger partial charge in [-0.25, -0.2) is 4.39 Å². The third kappa shape index (κ3) is 3.58. The van der Waals surface area contributed by atoms with Crippen LogP contribution in [0.2, 0.25) is 0 Å². The van der Waals surface area contributed by atoms with E-state index in [1.54, 1.807) is 19.1 Å². The zero-order valence-electron chi connectivity index (χ0n) is 17.7. The van der Waals surface area contributed by atoms with Crippen LogP contribution >= 0.6 is 0 Å².